The van der Waals surface area contributed by atoms with Crippen LogP contribution in [0.15, 0.2) is 47.5 Å². The zero-order valence-corrected chi connectivity index (χ0v) is 17.6. The van der Waals surface area contributed by atoms with Crippen LogP contribution in [0.3, 0.4) is 0 Å². The van der Waals surface area contributed by atoms with Gasteiger partial charge in [-0.2, -0.15) is 5.26 Å². The van der Waals surface area contributed by atoms with Crippen molar-refractivity contribution in [3.63, 3.8) is 0 Å². The SMILES string of the molecule is CN1CC(=O)C2(N=C1N)c1cc(-c3cccc(C#N)c3)ccc1CC21CCC(O)CC1. The standard InChI is InChI=1S/C25H26N4O2/c1-29-15-22(31)25(28-23(29)27)21-12-18(17-4-2-3-16(11-17)14-26)5-6-19(21)13-24(25)9-7-20(30)8-10-24/h2-6,11-12,20,30H,7-10,13,15H2,1H3,(H2,27,28). The smallest absolute Gasteiger partial charge is 0.192 e. The summed E-state index contributed by atoms with van der Waals surface area (Å²) >= 11 is 0. The molecule has 31 heavy (non-hydrogen) atoms. The minimum atomic E-state index is -1.01. The van der Waals surface area contributed by atoms with Gasteiger partial charge in [-0.1, -0.05) is 24.3 Å². The predicted molar refractivity (Wildman–Crippen MR) is 118 cm³/mol. The van der Waals surface area contributed by atoms with Gasteiger partial charge in [0, 0.05) is 12.5 Å². The third-order valence-electron chi connectivity index (χ3n) is 7.49. The molecule has 0 radical (unpaired) electrons. The number of carbonyl (C=O) groups is 1. The van der Waals surface area contributed by atoms with Gasteiger partial charge in [0.25, 0.3) is 0 Å². The Bertz CT molecular complexity index is 1140. The van der Waals surface area contributed by atoms with E-state index in [0.717, 1.165) is 41.5 Å². The molecule has 3 aliphatic rings. The maximum atomic E-state index is 13.7. The van der Waals surface area contributed by atoms with Gasteiger partial charge in [0.15, 0.2) is 17.3 Å². The number of nitrogens with two attached hydrogens (primary N) is 1. The van der Waals surface area contributed by atoms with Crippen molar-refractivity contribution in [1.29, 1.82) is 5.26 Å². The zero-order chi connectivity index (χ0) is 21.8. The number of aliphatic hydroxyl groups is 1. The number of nitriles is 1. The molecule has 1 aliphatic heterocycles. The van der Waals surface area contributed by atoms with Gasteiger partial charge in [0.05, 0.1) is 24.3 Å². The topological polar surface area (TPSA) is 103 Å². The average Bonchev–Trinajstić information content (AvgIpc) is 3.04. The number of ketones is 1. The summed E-state index contributed by atoms with van der Waals surface area (Å²) in [6.07, 6.45) is 3.28. The summed E-state index contributed by atoms with van der Waals surface area (Å²) in [4.78, 5) is 20.4. The van der Waals surface area contributed by atoms with Crippen LogP contribution in [0.4, 0.5) is 0 Å². The predicted octanol–water partition coefficient (Wildman–Crippen LogP) is 2.73. The fourth-order valence-electron chi connectivity index (χ4n) is 5.84. The molecule has 1 fully saturated rings. The van der Waals surface area contributed by atoms with E-state index in [1.54, 1.807) is 18.0 Å². The van der Waals surface area contributed by atoms with E-state index in [0.29, 0.717) is 24.4 Å². The highest BCUT2D eigenvalue weighted by molar-refractivity contribution is 6.01. The van der Waals surface area contributed by atoms with Gasteiger partial charge in [0.1, 0.15) is 0 Å². The summed E-state index contributed by atoms with van der Waals surface area (Å²) < 4.78 is 0. The summed E-state index contributed by atoms with van der Waals surface area (Å²) in [5.41, 5.74) is 9.49. The third kappa shape index (κ3) is 2.80. The summed E-state index contributed by atoms with van der Waals surface area (Å²) in [5.74, 6) is 0.456. The van der Waals surface area contributed by atoms with Crippen molar-refractivity contribution < 1.29 is 9.90 Å². The van der Waals surface area contributed by atoms with Gasteiger partial charge in [-0.25, -0.2) is 4.99 Å². The molecule has 2 aromatic carbocycles. The number of benzene rings is 2. The summed E-state index contributed by atoms with van der Waals surface area (Å²) in [7, 11) is 1.79. The van der Waals surface area contributed by atoms with Crippen molar-refractivity contribution in [1.82, 2.24) is 4.90 Å². The maximum absolute atomic E-state index is 13.7. The first-order chi connectivity index (χ1) is 14.9. The highest BCUT2D eigenvalue weighted by atomic mass is 16.3. The van der Waals surface area contributed by atoms with E-state index in [1.807, 2.05) is 18.2 Å². The monoisotopic (exact) mass is 414 g/mol. The second-order valence-corrected chi connectivity index (χ2v) is 9.21. The van der Waals surface area contributed by atoms with Crippen LogP contribution < -0.4 is 5.73 Å². The molecule has 0 saturated heterocycles. The Morgan fingerprint density at radius 2 is 1.94 bits per heavy atom. The molecular formula is C25H26N4O2. The molecule has 1 saturated carbocycles. The number of carbonyl (C=O) groups excluding carboxylic acids is 1. The van der Waals surface area contributed by atoms with Gasteiger partial charge >= 0.3 is 0 Å². The molecule has 6 nitrogen and oxygen atoms in total. The number of hydrogen-bond acceptors (Lipinski definition) is 6. The number of guanidine groups is 1. The van der Waals surface area contributed by atoms with Crippen molar-refractivity contribution in [3.05, 3.63) is 59.2 Å². The third-order valence-corrected chi connectivity index (χ3v) is 7.49. The van der Waals surface area contributed by atoms with Crippen molar-refractivity contribution in [2.24, 2.45) is 16.1 Å². The molecule has 1 atom stereocenters. The largest absolute Gasteiger partial charge is 0.393 e. The van der Waals surface area contributed by atoms with Crippen LogP contribution in [0.5, 0.6) is 0 Å². The van der Waals surface area contributed by atoms with E-state index in [1.165, 1.54) is 0 Å². The first-order valence-corrected chi connectivity index (χ1v) is 10.8. The van der Waals surface area contributed by atoms with E-state index < -0.39 is 5.54 Å². The molecule has 2 spiro atoms. The Morgan fingerprint density at radius 3 is 2.68 bits per heavy atom. The van der Waals surface area contributed by atoms with Crippen LogP contribution in [-0.2, 0) is 16.8 Å². The summed E-state index contributed by atoms with van der Waals surface area (Å²) in [6.45, 7) is 0.229. The van der Waals surface area contributed by atoms with Crippen molar-refractivity contribution in [2.75, 3.05) is 13.6 Å². The normalized spacial score (nSPS) is 29.7. The lowest BCUT2D eigenvalue weighted by molar-refractivity contribution is -0.132. The Balaban J connectivity index is 1.71. The average molecular weight is 415 g/mol. The molecule has 0 aromatic heterocycles. The first-order valence-electron chi connectivity index (χ1n) is 10.8. The van der Waals surface area contributed by atoms with Crippen LogP contribution in [0.2, 0.25) is 0 Å². The summed E-state index contributed by atoms with van der Waals surface area (Å²) in [6, 6.07) is 15.9. The second kappa shape index (κ2) is 6.93. The molecular weight excluding hydrogens is 388 g/mol. The van der Waals surface area contributed by atoms with E-state index in [4.69, 9.17) is 10.7 Å². The minimum Gasteiger partial charge on any atom is -0.393 e. The lowest BCUT2D eigenvalue weighted by Crippen LogP contribution is -2.58. The van der Waals surface area contributed by atoms with Crippen LogP contribution in [0.1, 0.15) is 42.4 Å². The van der Waals surface area contributed by atoms with Gasteiger partial charge < -0.3 is 15.7 Å². The Hall–Kier alpha value is -3.17. The number of Topliss-reactive ketones (excluding diaryl/α,β-unsaturated/α-hetero) is 1. The summed E-state index contributed by atoms with van der Waals surface area (Å²) in [5, 5.41) is 19.5. The molecule has 5 rings (SSSR count). The molecule has 3 N–H and O–H groups in total. The zero-order valence-electron chi connectivity index (χ0n) is 17.6. The fourth-order valence-corrected chi connectivity index (χ4v) is 5.84. The number of aliphatic imine (C=N–C) groups is 1. The van der Waals surface area contributed by atoms with Gasteiger partial charge in [-0.3, -0.25) is 4.79 Å². The van der Waals surface area contributed by atoms with E-state index in [9.17, 15) is 15.2 Å². The second-order valence-electron chi connectivity index (χ2n) is 9.21. The van der Waals surface area contributed by atoms with Crippen LogP contribution >= 0.6 is 0 Å². The molecule has 1 unspecified atom stereocenters. The Labute approximate surface area is 182 Å². The molecule has 2 aliphatic carbocycles. The number of fused-ring (bicyclic) bond motifs is 3. The fraction of sp³-hybridized carbons (Fsp3) is 0.400. The maximum Gasteiger partial charge on any atom is 0.192 e. The number of rotatable bonds is 1. The number of likely N-dealkylation sites (N-methyl/N-ethyl adjacent to an activating group) is 1. The van der Waals surface area contributed by atoms with Crippen molar-refractivity contribution in [2.45, 2.75) is 43.7 Å². The van der Waals surface area contributed by atoms with Crippen LogP contribution in [0, 0.1) is 16.7 Å². The Morgan fingerprint density at radius 1 is 1.19 bits per heavy atom. The van der Waals surface area contributed by atoms with Crippen molar-refractivity contribution >= 4 is 11.7 Å². The van der Waals surface area contributed by atoms with E-state index >= 15 is 0 Å². The highest BCUT2D eigenvalue weighted by Gasteiger charge is 2.63. The lowest BCUT2D eigenvalue weighted by Gasteiger charge is -2.48. The molecule has 158 valence electrons. The van der Waals surface area contributed by atoms with Crippen LogP contribution in [0.25, 0.3) is 11.1 Å². The van der Waals surface area contributed by atoms with E-state index in [-0.39, 0.29) is 23.8 Å². The molecule has 0 amide bonds. The molecule has 2 aromatic rings. The molecule has 1 heterocycles. The number of aliphatic hydroxyl groups excluding tert-OH is 1. The Kier molecular flexibility index (Phi) is 4.42. The van der Waals surface area contributed by atoms with Crippen molar-refractivity contribution in [3.8, 4) is 17.2 Å². The van der Waals surface area contributed by atoms with Gasteiger partial charge in [0.2, 0.25) is 0 Å². The molecule has 6 heteroatoms. The van der Waals surface area contributed by atoms with E-state index in [2.05, 4.69) is 24.3 Å². The number of hydrogen-bond donors (Lipinski definition) is 2. The number of nitrogens with zero attached hydrogens (tertiary/aromatic N) is 3. The molecule has 0 bridgehead atoms. The van der Waals surface area contributed by atoms with Gasteiger partial charge in [-0.15, -0.1) is 0 Å². The quantitative estimate of drug-likeness (QED) is 0.747. The van der Waals surface area contributed by atoms with Crippen LogP contribution in [-0.4, -0.2) is 41.4 Å². The van der Waals surface area contributed by atoms with Gasteiger partial charge in [-0.05, 0) is 72.6 Å². The highest BCUT2D eigenvalue weighted by Crippen LogP contribution is 2.61. The first kappa shape index (κ1) is 19.8. The lowest BCUT2D eigenvalue weighted by atomic mass is 9.59. The minimum absolute atomic E-state index is 0.0715.